The van der Waals surface area contributed by atoms with Gasteiger partial charge in [-0.1, -0.05) is 12.1 Å². The third-order valence-electron chi connectivity index (χ3n) is 3.20. The predicted octanol–water partition coefficient (Wildman–Crippen LogP) is 2.11. The molecule has 0 atom stereocenters. The second kappa shape index (κ2) is 7.41. The van der Waals surface area contributed by atoms with Gasteiger partial charge in [-0.3, -0.25) is 4.79 Å². The van der Waals surface area contributed by atoms with E-state index in [2.05, 4.69) is 0 Å². The summed E-state index contributed by atoms with van der Waals surface area (Å²) in [5.74, 6) is -0.00362. The number of aliphatic hydroxyl groups is 1. The molecule has 0 unspecified atom stereocenters. The summed E-state index contributed by atoms with van der Waals surface area (Å²) in [4.78, 5) is 13.8. The Labute approximate surface area is 121 Å². The lowest BCUT2D eigenvalue weighted by Crippen LogP contribution is -2.29. The van der Waals surface area contributed by atoms with Gasteiger partial charge in [-0.05, 0) is 44.4 Å². The first kappa shape index (κ1) is 16.7. The average Bonchev–Trinajstić information content (AvgIpc) is 2.41. The molecule has 0 fully saturated rings. The fourth-order valence-corrected chi connectivity index (χ4v) is 1.81. The molecule has 0 spiro atoms. The van der Waals surface area contributed by atoms with Crippen LogP contribution in [0.15, 0.2) is 24.3 Å². The van der Waals surface area contributed by atoms with Crippen molar-refractivity contribution in [3.8, 4) is 0 Å². The van der Waals surface area contributed by atoms with Crippen LogP contribution in [0.1, 0.15) is 36.2 Å². The van der Waals surface area contributed by atoms with Gasteiger partial charge < -0.3 is 14.7 Å². The van der Waals surface area contributed by atoms with Gasteiger partial charge in [0, 0.05) is 26.3 Å². The molecule has 0 aromatic heterocycles. The molecule has 0 saturated carbocycles. The van der Waals surface area contributed by atoms with Gasteiger partial charge in [0.1, 0.15) is 0 Å². The Balaban J connectivity index is 2.59. The lowest BCUT2D eigenvalue weighted by Gasteiger charge is -2.18. The molecular weight excluding hydrogens is 254 g/mol. The van der Waals surface area contributed by atoms with Gasteiger partial charge in [-0.25, -0.2) is 0 Å². The summed E-state index contributed by atoms with van der Waals surface area (Å²) in [6, 6.07) is 7.57. The van der Waals surface area contributed by atoms with Crippen LogP contribution >= 0.6 is 0 Å². The molecule has 0 heterocycles. The van der Waals surface area contributed by atoms with Crippen molar-refractivity contribution in [3.05, 3.63) is 35.4 Å². The number of carbonyl (C=O) groups is 1. The maximum absolute atomic E-state index is 12.1. The van der Waals surface area contributed by atoms with Crippen LogP contribution in [0.5, 0.6) is 0 Å². The summed E-state index contributed by atoms with van der Waals surface area (Å²) in [6.07, 6.45) is 1.51. The SMILES string of the molecule is COCCN(C)C(=O)c1ccc(CCC(C)(C)O)cc1. The maximum atomic E-state index is 12.1. The fourth-order valence-electron chi connectivity index (χ4n) is 1.81. The number of hydrogen-bond acceptors (Lipinski definition) is 3. The van der Waals surface area contributed by atoms with Crippen LogP contribution in [0, 0.1) is 0 Å². The molecule has 20 heavy (non-hydrogen) atoms. The van der Waals surface area contributed by atoms with Gasteiger partial charge in [0.15, 0.2) is 0 Å². The van der Waals surface area contributed by atoms with Crippen molar-refractivity contribution in [1.82, 2.24) is 4.90 Å². The minimum atomic E-state index is -0.658. The molecule has 1 aromatic carbocycles. The van der Waals surface area contributed by atoms with Crippen molar-refractivity contribution in [1.29, 1.82) is 0 Å². The number of benzene rings is 1. The van der Waals surface area contributed by atoms with Crippen LogP contribution in [0.3, 0.4) is 0 Å². The zero-order valence-corrected chi connectivity index (χ0v) is 12.8. The van der Waals surface area contributed by atoms with Crippen molar-refractivity contribution in [2.75, 3.05) is 27.3 Å². The second-order valence-electron chi connectivity index (χ2n) is 5.73. The van der Waals surface area contributed by atoms with Gasteiger partial charge in [0.05, 0.1) is 12.2 Å². The molecule has 0 aliphatic carbocycles. The number of ether oxygens (including phenoxy) is 1. The molecule has 0 radical (unpaired) electrons. The number of rotatable bonds is 7. The predicted molar refractivity (Wildman–Crippen MR) is 79.9 cm³/mol. The first-order valence-electron chi connectivity index (χ1n) is 6.89. The molecule has 112 valence electrons. The Hall–Kier alpha value is -1.39. The van der Waals surface area contributed by atoms with E-state index in [0.29, 0.717) is 25.1 Å². The molecule has 0 saturated heterocycles. The second-order valence-corrected chi connectivity index (χ2v) is 5.73. The zero-order valence-electron chi connectivity index (χ0n) is 12.8. The van der Waals surface area contributed by atoms with Gasteiger partial charge >= 0.3 is 0 Å². The van der Waals surface area contributed by atoms with Crippen LogP contribution < -0.4 is 0 Å². The molecule has 0 bridgehead atoms. The summed E-state index contributed by atoms with van der Waals surface area (Å²) in [6.45, 7) is 4.72. The van der Waals surface area contributed by atoms with E-state index in [4.69, 9.17) is 4.74 Å². The first-order chi connectivity index (χ1) is 9.33. The van der Waals surface area contributed by atoms with Crippen molar-refractivity contribution in [3.63, 3.8) is 0 Å². The average molecular weight is 279 g/mol. The fraction of sp³-hybridized carbons (Fsp3) is 0.562. The number of carbonyl (C=O) groups excluding carboxylic acids is 1. The summed E-state index contributed by atoms with van der Waals surface area (Å²) >= 11 is 0. The number of nitrogens with zero attached hydrogens (tertiary/aromatic N) is 1. The minimum absolute atomic E-state index is 0.00362. The van der Waals surface area contributed by atoms with E-state index >= 15 is 0 Å². The van der Waals surface area contributed by atoms with Crippen LogP contribution in [-0.4, -0.2) is 48.8 Å². The monoisotopic (exact) mass is 279 g/mol. The zero-order chi connectivity index (χ0) is 15.2. The number of likely N-dealkylation sites (N-methyl/N-ethyl adjacent to an activating group) is 1. The van der Waals surface area contributed by atoms with Crippen molar-refractivity contribution >= 4 is 5.91 Å². The van der Waals surface area contributed by atoms with Gasteiger partial charge in [-0.2, -0.15) is 0 Å². The molecule has 0 aliphatic rings. The number of aryl methyl sites for hydroxylation is 1. The van der Waals surface area contributed by atoms with Crippen molar-refractivity contribution in [2.45, 2.75) is 32.3 Å². The van der Waals surface area contributed by atoms with E-state index in [-0.39, 0.29) is 5.91 Å². The molecule has 4 heteroatoms. The highest BCUT2D eigenvalue weighted by Gasteiger charge is 2.13. The highest BCUT2D eigenvalue weighted by atomic mass is 16.5. The van der Waals surface area contributed by atoms with E-state index in [9.17, 15) is 9.90 Å². The normalized spacial score (nSPS) is 11.4. The first-order valence-corrected chi connectivity index (χ1v) is 6.89. The van der Waals surface area contributed by atoms with E-state index in [0.717, 1.165) is 12.0 Å². The third kappa shape index (κ3) is 5.72. The van der Waals surface area contributed by atoms with Crippen LogP contribution in [0.4, 0.5) is 0 Å². The van der Waals surface area contributed by atoms with E-state index < -0.39 is 5.60 Å². The minimum Gasteiger partial charge on any atom is -0.390 e. The lowest BCUT2D eigenvalue weighted by atomic mass is 9.98. The smallest absolute Gasteiger partial charge is 0.253 e. The Morgan fingerprint density at radius 2 is 1.90 bits per heavy atom. The molecule has 4 nitrogen and oxygen atoms in total. The molecule has 1 amide bonds. The summed E-state index contributed by atoms with van der Waals surface area (Å²) < 4.78 is 4.96. The Bertz CT molecular complexity index is 420. The standard InChI is InChI=1S/C16H25NO3/c1-16(2,19)10-9-13-5-7-14(8-6-13)15(18)17(3)11-12-20-4/h5-8,19H,9-12H2,1-4H3. The molecular formula is C16H25NO3. The van der Waals surface area contributed by atoms with Crippen LogP contribution in [-0.2, 0) is 11.2 Å². The Kier molecular flexibility index (Phi) is 6.17. The van der Waals surface area contributed by atoms with Gasteiger partial charge in [-0.15, -0.1) is 0 Å². The van der Waals surface area contributed by atoms with E-state index in [1.165, 1.54) is 0 Å². The Morgan fingerprint density at radius 3 is 2.40 bits per heavy atom. The van der Waals surface area contributed by atoms with E-state index in [1.54, 1.807) is 32.9 Å². The molecule has 0 aliphatic heterocycles. The molecule has 1 aromatic rings. The maximum Gasteiger partial charge on any atom is 0.253 e. The lowest BCUT2D eigenvalue weighted by molar-refractivity contribution is 0.0711. The van der Waals surface area contributed by atoms with Gasteiger partial charge in [0.25, 0.3) is 5.91 Å². The number of methoxy groups -OCH3 is 1. The third-order valence-corrected chi connectivity index (χ3v) is 3.20. The van der Waals surface area contributed by atoms with E-state index in [1.807, 2.05) is 24.3 Å². The number of hydrogen-bond donors (Lipinski definition) is 1. The molecule has 1 rings (SSSR count). The van der Waals surface area contributed by atoms with Gasteiger partial charge in [0.2, 0.25) is 0 Å². The van der Waals surface area contributed by atoms with Crippen LogP contribution in [0.2, 0.25) is 0 Å². The summed E-state index contributed by atoms with van der Waals surface area (Å²) in [5, 5.41) is 9.70. The number of amides is 1. The highest BCUT2D eigenvalue weighted by Crippen LogP contribution is 2.14. The Morgan fingerprint density at radius 1 is 1.30 bits per heavy atom. The van der Waals surface area contributed by atoms with Crippen LogP contribution in [0.25, 0.3) is 0 Å². The molecule has 1 N–H and O–H groups in total. The quantitative estimate of drug-likeness (QED) is 0.831. The van der Waals surface area contributed by atoms with Crippen molar-refractivity contribution < 1.29 is 14.6 Å². The largest absolute Gasteiger partial charge is 0.390 e. The summed E-state index contributed by atoms with van der Waals surface area (Å²) in [7, 11) is 3.39. The summed E-state index contributed by atoms with van der Waals surface area (Å²) in [5.41, 5.74) is 1.15. The highest BCUT2D eigenvalue weighted by molar-refractivity contribution is 5.94. The van der Waals surface area contributed by atoms with Crippen molar-refractivity contribution in [2.24, 2.45) is 0 Å². The topological polar surface area (TPSA) is 49.8 Å².